The van der Waals surface area contributed by atoms with Gasteiger partial charge in [0.25, 0.3) is 10.2 Å². The quantitative estimate of drug-likeness (QED) is 0.784. The fraction of sp³-hybridized carbons (Fsp3) is 1.00. The summed E-state index contributed by atoms with van der Waals surface area (Å²) in [6.07, 6.45) is 0.920. The maximum Gasteiger partial charge on any atom is 0.278 e. The van der Waals surface area contributed by atoms with E-state index < -0.39 is 10.2 Å². The Balaban J connectivity index is 4.08. The molecule has 0 saturated heterocycles. The molecule has 92 valence electrons. The molecule has 0 aromatic rings. The lowest BCUT2D eigenvalue weighted by molar-refractivity contribution is 0.372. The van der Waals surface area contributed by atoms with E-state index in [0.717, 1.165) is 6.42 Å². The van der Waals surface area contributed by atoms with Gasteiger partial charge in [0.2, 0.25) is 0 Å². The van der Waals surface area contributed by atoms with Crippen LogP contribution in [0.2, 0.25) is 0 Å². The highest BCUT2D eigenvalue weighted by atomic mass is 79.9. The van der Waals surface area contributed by atoms with Crippen molar-refractivity contribution in [2.45, 2.75) is 32.0 Å². The number of halogens is 1. The van der Waals surface area contributed by atoms with E-state index in [1.807, 2.05) is 0 Å². The van der Waals surface area contributed by atoms with Gasteiger partial charge in [-0.05, 0) is 11.8 Å². The molecule has 0 aliphatic carbocycles. The van der Waals surface area contributed by atoms with Gasteiger partial charge in [-0.15, -0.1) is 0 Å². The first-order valence-corrected chi connectivity index (χ1v) is 7.21. The highest BCUT2D eigenvalue weighted by Crippen LogP contribution is 2.24. The van der Waals surface area contributed by atoms with Crippen molar-refractivity contribution in [1.29, 1.82) is 0 Å². The molecule has 15 heavy (non-hydrogen) atoms. The number of hydrogen-bond donors (Lipinski definition) is 1. The van der Waals surface area contributed by atoms with E-state index in [9.17, 15) is 8.42 Å². The van der Waals surface area contributed by atoms with Crippen LogP contribution >= 0.6 is 15.9 Å². The third kappa shape index (κ3) is 7.27. The molecule has 0 aromatic heterocycles. The SMILES string of the molecule is CN(C)S(=O)(=O)NCC(Br)CC(C)(C)C. The Morgan fingerprint density at radius 2 is 1.80 bits per heavy atom. The molecular weight excluding hydrogens is 280 g/mol. The summed E-state index contributed by atoms with van der Waals surface area (Å²) < 4.78 is 26.5. The second-order valence-electron chi connectivity index (χ2n) is 5.00. The number of nitrogens with zero attached hydrogens (tertiary/aromatic N) is 1. The smallest absolute Gasteiger partial charge is 0.201 e. The third-order valence-corrected chi connectivity index (χ3v) is 3.94. The largest absolute Gasteiger partial charge is 0.278 e. The van der Waals surface area contributed by atoms with Crippen molar-refractivity contribution in [3.8, 4) is 0 Å². The molecule has 0 spiro atoms. The zero-order valence-electron chi connectivity index (χ0n) is 10.0. The minimum atomic E-state index is -3.30. The normalized spacial score (nSPS) is 15.7. The first kappa shape index (κ1) is 15.3. The van der Waals surface area contributed by atoms with Crippen LogP contribution in [0.1, 0.15) is 27.2 Å². The van der Waals surface area contributed by atoms with Crippen molar-refractivity contribution in [3.63, 3.8) is 0 Å². The van der Waals surface area contributed by atoms with E-state index in [1.165, 1.54) is 18.4 Å². The Kier molecular flexibility index (Phi) is 5.74. The summed E-state index contributed by atoms with van der Waals surface area (Å²) in [6, 6.07) is 0. The van der Waals surface area contributed by atoms with Crippen LogP contribution in [-0.4, -0.2) is 38.2 Å². The molecule has 0 rings (SSSR count). The van der Waals surface area contributed by atoms with Crippen LogP contribution in [0.25, 0.3) is 0 Å². The summed E-state index contributed by atoms with van der Waals surface area (Å²) >= 11 is 3.47. The molecule has 1 N–H and O–H groups in total. The third-order valence-electron chi connectivity index (χ3n) is 1.80. The van der Waals surface area contributed by atoms with Crippen molar-refractivity contribution in [2.75, 3.05) is 20.6 Å². The van der Waals surface area contributed by atoms with Crippen LogP contribution in [0.4, 0.5) is 0 Å². The Morgan fingerprint density at radius 3 is 2.13 bits per heavy atom. The lowest BCUT2D eigenvalue weighted by Crippen LogP contribution is -2.39. The summed E-state index contributed by atoms with van der Waals surface area (Å²) in [4.78, 5) is 0.159. The Hall–Kier alpha value is 0.350. The minimum Gasteiger partial charge on any atom is -0.201 e. The molecular formula is C9H21BrN2O2S. The molecule has 1 unspecified atom stereocenters. The number of hydrogen-bond acceptors (Lipinski definition) is 2. The molecule has 1 atom stereocenters. The average Bonchev–Trinajstić information content (AvgIpc) is 1.97. The summed E-state index contributed by atoms with van der Waals surface area (Å²) in [5.41, 5.74) is 0.192. The van der Waals surface area contributed by atoms with E-state index in [-0.39, 0.29) is 10.2 Å². The lowest BCUT2D eigenvalue weighted by atomic mass is 9.91. The van der Waals surface area contributed by atoms with Gasteiger partial charge in [-0.1, -0.05) is 36.7 Å². The summed E-state index contributed by atoms with van der Waals surface area (Å²) in [6.45, 7) is 6.79. The van der Waals surface area contributed by atoms with E-state index in [1.54, 1.807) is 0 Å². The van der Waals surface area contributed by atoms with Crippen molar-refractivity contribution < 1.29 is 8.42 Å². The van der Waals surface area contributed by atoms with E-state index in [4.69, 9.17) is 0 Å². The molecule has 0 aromatic carbocycles. The average molecular weight is 301 g/mol. The molecule has 0 amide bonds. The van der Waals surface area contributed by atoms with E-state index in [0.29, 0.717) is 6.54 Å². The monoisotopic (exact) mass is 300 g/mol. The number of nitrogens with one attached hydrogen (secondary N) is 1. The van der Waals surface area contributed by atoms with Gasteiger partial charge in [0, 0.05) is 25.5 Å². The molecule has 0 aliphatic heterocycles. The predicted molar refractivity (Wildman–Crippen MR) is 67.4 cm³/mol. The number of rotatable bonds is 5. The Labute approximate surface area is 102 Å². The van der Waals surface area contributed by atoms with Gasteiger partial charge in [0.15, 0.2) is 0 Å². The highest BCUT2D eigenvalue weighted by Gasteiger charge is 2.19. The molecule has 0 radical (unpaired) electrons. The van der Waals surface area contributed by atoms with Gasteiger partial charge >= 0.3 is 0 Å². The van der Waals surface area contributed by atoms with Crippen molar-refractivity contribution >= 4 is 26.1 Å². The first-order valence-electron chi connectivity index (χ1n) is 4.86. The molecule has 0 heterocycles. The molecule has 6 heteroatoms. The van der Waals surface area contributed by atoms with Gasteiger partial charge in [-0.2, -0.15) is 12.7 Å². The van der Waals surface area contributed by atoms with Crippen LogP contribution in [0.5, 0.6) is 0 Å². The zero-order valence-corrected chi connectivity index (χ0v) is 12.4. The molecule has 0 bridgehead atoms. The first-order chi connectivity index (χ1) is 6.54. The van der Waals surface area contributed by atoms with Gasteiger partial charge in [-0.3, -0.25) is 0 Å². The molecule has 0 fully saturated rings. The summed E-state index contributed by atoms with van der Waals surface area (Å²) in [7, 11) is -0.277. The zero-order chi connectivity index (χ0) is 12.3. The Bertz CT molecular complexity index is 283. The second-order valence-corrected chi connectivity index (χ2v) is 8.26. The fourth-order valence-electron chi connectivity index (χ4n) is 1.06. The van der Waals surface area contributed by atoms with Crippen molar-refractivity contribution in [2.24, 2.45) is 5.41 Å². The van der Waals surface area contributed by atoms with Crippen molar-refractivity contribution in [3.05, 3.63) is 0 Å². The molecule has 0 saturated carbocycles. The summed E-state index contributed by atoms with van der Waals surface area (Å²) in [5, 5.41) is 0. The fourth-order valence-corrected chi connectivity index (χ4v) is 3.08. The van der Waals surface area contributed by atoms with Crippen LogP contribution in [0.15, 0.2) is 0 Å². The van der Waals surface area contributed by atoms with Crippen LogP contribution in [0, 0.1) is 5.41 Å². The maximum atomic E-state index is 11.4. The minimum absolute atomic E-state index is 0.159. The van der Waals surface area contributed by atoms with Crippen LogP contribution in [-0.2, 0) is 10.2 Å². The highest BCUT2D eigenvalue weighted by molar-refractivity contribution is 9.09. The van der Waals surface area contributed by atoms with Gasteiger partial charge in [-0.25, -0.2) is 4.72 Å². The van der Waals surface area contributed by atoms with Crippen LogP contribution in [0.3, 0.4) is 0 Å². The molecule has 0 aliphatic rings. The second kappa shape index (κ2) is 5.61. The van der Waals surface area contributed by atoms with Gasteiger partial charge < -0.3 is 0 Å². The van der Waals surface area contributed by atoms with Crippen LogP contribution < -0.4 is 4.72 Å². The van der Waals surface area contributed by atoms with Crippen molar-refractivity contribution in [1.82, 2.24) is 9.03 Å². The molecule has 4 nitrogen and oxygen atoms in total. The van der Waals surface area contributed by atoms with Gasteiger partial charge in [0.05, 0.1) is 0 Å². The lowest BCUT2D eigenvalue weighted by Gasteiger charge is -2.22. The Morgan fingerprint density at radius 1 is 1.33 bits per heavy atom. The van der Waals surface area contributed by atoms with E-state index in [2.05, 4.69) is 41.4 Å². The standard InChI is InChI=1S/C9H21BrN2O2S/c1-9(2,3)6-8(10)7-11-15(13,14)12(4)5/h8,11H,6-7H2,1-5H3. The predicted octanol–water partition coefficient (Wildman–Crippen LogP) is 1.58. The summed E-state index contributed by atoms with van der Waals surface area (Å²) in [5.74, 6) is 0. The van der Waals surface area contributed by atoms with Gasteiger partial charge in [0.1, 0.15) is 0 Å². The number of alkyl halides is 1. The topological polar surface area (TPSA) is 49.4 Å². The van der Waals surface area contributed by atoms with E-state index >= 15 is 0 Å². The maximum absolute atomic E-state index is 11.4.